The minimum Gasteiger partial charge on any atom is -0.465 e. The van der Waals surface area contributed by atoms with Gasteiger partial charge in [0, 0.05) is 31.4 Å². The number of halogens is 6. The molecular weight excluding hydrogens is 661 g/mol. The number of ether oxygens (including phenoxy) is 2. The van der Waals surface area contributed by atoms with Crippen LogP contribution in [0, 0.1) is 0 Å². The Labute approximate surface area is 228 Å². The first-order valence-electron chi connectivity index (χ1n) is 10.5. The van der Waals surface area contributed by atoms with Gasteiger partial charge in [-0.05, 0) is 19.1 Å². The lowest BCUT2D eigenvalue weighted by molar-refractivity contribution is -0.274. The highest BCUT2D eigenvalue weighted by molar-refractivity contribution is 14.1. The first-order chi connectivity index (χ1) is 17.5. The lowest BCUT2D eigenvalue weighted by atomic mass is 10.2. The van der Waals surface area contributed by atoms with E-state index in [-0.39, 0.29) is 60.1 Å². The predicted molar refractivity (Wildman–Crippen MR) is 136 cm³/mol. The monoisotopic (exact) mass is 679 g/mol. The van der Waals surface area contributed by atoms with E-state index in [2.05, 4.69) is 11.1 Å². The van der Waals surface area contributed by atoms with Crippen LogP contribution in [0.5, 0.6) is 5.75 Å². The van der Waals surface area contributed by atoms with Crippen molar-refractivity contribution in [2.24, 2.45) is 6.35 Å². The van der Waals surface area contributed by atoms with Gasteiger partial charge in [-0.15, -0.1) is 13.2 Å². The number of aliphatic hydroxyl groups excluding tert-OH is 1. The number of rotatable bonds is 9. The third-order valence-corrected chi connectivity index (χ3v) is 7.42. The summed E-state index contributed by atoms with van der Waals surface area (Å²) in [4.78, 5) is 40.8. The van der Waals surface area contributed by atoms with Crippen molar-refractivity contribution in [1.29, 1.82) is 0 Å². The van der Waals surface area contributed by atoms with Crippen LogP contribution in [0.1, 0.15) is 6.92 Å². The molecule has 1 fully saturated rings. The summed E-state index contributed by atoms with van der Waals surface area (Å²) in [6, 6.07) is 2.58. The fourth-order valence-corrected chi connectivity index (χ4v) is 5.17. The molecule has 2 aliphatic rings. The first-order valence-corrected chi connectivity index (χ1v) is 13.2. The number of aliphatic hydroxyl groups is 1. The molecule has 0 atom stereocenters. The maximum Gasteiger partial charge on any atom is 0.573 e. The zero-order valence-corrected chi connectivity index (χ0v) is 22.6. The Balaban J connectivity index is 1.98. The van der Waals surface area contributed by atoms with E-state index in [4.69, 9.17) is 27.9 Å². The second-order valence-electron chi connectivity index (χ2n) is 7.24. The molecule has 2 aliphatic heterocycles. The third-order valence-electron chi connectivity index (χ3n) is 4.91. The van der Waals surface area contributed by atoms with Crippen molar-refractivity contribution in [3.05, 3.63) is 28.9 Å². The molecule has 1 N–H and O–H groups in total. The summed E-state index contributed by atoms with van der Waals surface area (Å²) in [6.45, 7) is 0.445. The van der Waals surface area contributed by atoms with Gasteiger partial charge in [-0.3, -0.25) is 14.5 Å². The number of esters is 1. The van der Waals surface area contributed by atoms with Crippen LogP contribution in [0.3, 0.4) is 0 Å². The molecule has 1 saturated heterocycles. The average molecular weight is 680 g/mol. The summed E-state index contributed by atoms with van der Waals surface area (Å²) in [6.07, 6.45) is -5.14. The van der Waals surface area contributed by atoms with Gasteiger partial charge in [0.05, 0.1) is 18.9 Å². The number of hydrogen-bond donors (Lipinski definition) is 1. The molecule has 3 rings (SSSR count). The summed E-state index contributed by atoms with van der Waals surface area (Å²) >= 11 is 11.0. The van der Waals surface area contributed by atoms with Crippen LogP contribution in [-0.2, 0) is 14.3 Å². The van der Waals surface area contributed by atoms with Crippen LogP contribution >= 0.6 is 44.5 Å². The molecule has 0 aliphatic carbocycles. The number of alkyl halides is 3. The van der Waals surface area contributed by atoms with E-state index >= 15 is 0 Å². The Bertz CT molecular complexity index is 1180. The zero-order chi connectivity index (χ0) is 27.3. The van der Waals surface area contributed by atoms with Crippen molar-refractivity contribution in [3.8, 4) is 5.75 Å². The Kier molecular flexibility index (Phi) is 9.71. The van der Waals surface area contributed by atoms with Gasteiger partial charge in [0.25, 0.3) is 5.91 Å². The summed E-state index contributed by atoms with van der Waals surface area (Å²) in [5, 5.41) is 9.10. The Morgan fingerprint density at radius 3 is 2.62 bits per heavy atom. The highest BCUT2D eigenvalue weighted by Gasteiger charge is 2.38. The SMILES string of the molecule is CCOC(=O)CN1CCN(c2ccc(N(CCO)C(=O)C3=C(Cl)N=IN=C3Cl)cc2OC(F)(F)F)C1=O. The van der Waals surface area contributed by atoms with E-state index in [0.717, 1.165) is 26.8 Å². The number of hydrogen-bond acceptors (Lipinski definition) is 8. The predicted octanol–water partition coefficient (Wildman–Crippen LogP) is 3.89. The summed E-state index contributed by atoms with van der Waals surface area (Å²) in [5.74, 6) is -2.31. The van der Waals surface area contributed by atoms with E-state index in [1.54, 1.807) is 6.92 Å². The van der Waals surface area contributed by atoms with E-state index in [9.17, 15) is 32.7 Å². The minimum atomic E-state index is -5.14. The quantitative estimate of drug-likeness (QED) is 0.240. The highest BCUT2D eigenvalue weighted by atomic mass is 127. The van der Waals surface area contributed by atoms with Gasteiger partial charge in [0.1, 0.15) is 33.4 Å². The lowest BCUT2D eigenvalue weighted by Gasteiger charge is -2.26. The van der Waals surface area contributed by atoms with Gasteiger partial charge in [0.15, 0.2) is 16.1 Å². The molecular formula is C20H19Cl2F3IN5O6. The van der Waals surface area contributed by atoms with Crippen LogP contribution in [-0.4, -0.2) is 78.8 Å². The molecule has 17 heteroatoms. The van der Waals surface area contributed by atoms with Crippen LogP contribution in [0.15, 0.2) is 35.3 Å². The van der Waals surface area contributed by atoms with Gasteiger partial charge in [0.2, 0.25) is 0 Å². The molecule has 3 amide bonds. The van der Waals surface area contributed by atoms with Crippen molar-refractivity contribution in [1.82, 2.24) is 4.90 Å². The summed E-state index contributed by atoms with van der Waals surface area (Å²) < 4.78 is 56.7. The molecule has 0 radical (unpaired) electrons. The molecule has 1 aromatic carbocycles. The van der Waals surface area contributed by atoms with Gasteiger partial charge >= 0.3 is 18.4 Å². The standard InChI is InChI=1S/C20H19Cl2F3IN5O6/c1-2-36-14(33)10-29-5-6-31(19(29)35)12-4-3-11(9-13(12)37-20(23,24)25)30(7-8-32)18(34)15-16(21)27-26-28-17(15)22/h3-4,9,32H,2,5-8,10H2,1H3. The lowest BCUT2D eigenvalue weighted by Crippen LogP contribution is -2.37. The Morgan fingerprint density at radius 1 is 1.27 bits per heavy atom. The molecule has 2 heterocycles. The topological polar surface area (TPSA) is 124 Å². The number of amides is 3. The molecule has 0 saturated carbocycles. The van der Waals surface area contributed by atoms with Crippen molar-refractivity contribution >= 4 is 79.0 Å². The van der Waals surface area contributed by atoms with Gasteiger partial charge in [-0.1, -0.05) is 23.2 Å². The average Bonchev–Trinajstić information content (AvgIpc) is 3.16. The molecule has 0 bridgehead atoms. The molecule has 0 spiro atoms. The maximum atomic E-state index is 13.3. The highest BCUT2D eigenvalue weighted by Crippen LogP contribution is 2.39. The van der Waals surface area contributed by atoms with E-state index in [0.29, 0.717) is 0 Å². The second kappa shape index (κ2) is 12.4. The molecule has 0 unspecified atom stereocenters. The number of urea groups is 1. The summed E-state index contributed by atoms with van der Waals surface area (Å²) in [7, 11) is 0. The van der Waals surface area contributed by atoms with E-state index in [1.165, 1.54) is 6.07 Å². The maximum absolute atomic E-state index is 13.3. The third kappa shape index (κ3) is 7.08. The zero-order valence-electron chi connectivity index (χ0n) is 19.0. The summed E-state index contributed by atoms with van der Waals surface area (Å²) in [5.41, 5.74) is -0.628. The minimum absolute atomic E-state index is 0.0375. The first kappa shape index (κ1) is 29.1. The molecule has 1 aromatic rings. The number of anilines is 2. The van der Waals surface area contributed by atoms with Crippen molar-refractivity contribution in [2.75, 3.05) is 49.2 Å². The van der Waals surface area contributed by atoms with E-state index < -0.39 is 57.9 Å². The largest absolute Gasteiger partial charge is 0.573 e. The molecule has 0 aromatic heterocycles. The van der Waals surface area contributed by atoms with Crippen LogP contribution < -0.4 is 14.5 Å². The van der Waals surface area contributed by atoms with Crippen LogP contribution in [0.2, 0.25) is 0 Å². The van der Waals surface area contributed by atoms with E-state index in [1.807, 2.05) is 0 Å². The smallest absolute Gasteiger partial charge is 0.465 e. The number of carbonyl (C=O) groups excluding carboxylic acids is 3. The van der Waals surface area contributed by atoms with Gasteiger partial charge < -0.3 is 24.4 Å². The van der Waals surface area contributed by atoms with Gasteiger partial charge in [-0.25, -0.2) is 4.79 Å². The van der Waals surface area contributed by atoms with Gasteiger partial charge in [-0.2, -0.15) is 6.35 Å². The Morgan fingerprint density at radius 2 is 2.00 bits per heavy atom. The number of carbonyl (C=O) groups is 3. The van der Waals surface area contributed by atoms with Crippen molar-refractivity contribution in [2.45, 2.75) is 13.3 Å². The molecule has 11 nitrogen and oxygen atoms in total. The second-order valence-corrected chi connectivity index (χ2v) is 9.35. The molecule has 37 heavy (non-hydrogen) atoms. The number of nitrogens with zero attached hydrogens (tertiary/aromatic N) is 5. The molecule has 202 valence electrons. The van der Waals surface area contributed by atoms with Crippen molar-refractivity contribution in [3.63, 3.8) is 0 Å². The fraction of sp³-hybridized carbons (Fsp3) is 0.400. The number of benzene rings is 1. The fourth-order valence-electron chi connectivity index (χ4n) is 3.43. The Hall–Kier alpha value is -2.50. The van der Waals surface area contributed by atoms with Crippen LogP contribution in [0.25, 0.3) is 0 Å². The van der Waals surface area contributed by atoms with Crippen molar-refractivity contribution < 1.29 is 42.1 Å². The normalized spacial score (nSPS) is 16.0. The van der Waals surface area contributed by atoms with Crippen LogP contribution in [0.4, 0.5) is 29.3 Å².